The molecule has 0 fully saturated rings. The van der Waals surface area contributed by atoms with Crippen molar-refractivity contribution in [3.05, 3.63) is 105 Å². The van der Waals surface area contributed by atoms with Crippen LogP contribution >= 0.6 is 23.4 Å². The number of halogens is 1. The van der Waals surface area contributed by atoms with Crippen molar-refractivity contribution in [2.75, 3.05) is 5.43 Å². The Morgan fingerprint density at radius 3 is 2.45 bits per heavy atom. The summed E-state index contributed by atoms with van der Waals surface area (Å²) in [5.41, 5.74) is 4.30. The van der Waals surface area contributed by atoms with Gasteiger partial charge < -0.3 is 0 Å². The maximum absolute atomic E-state index is 13.1. The first-order chi connectivity index (χ1) is 14.1. The highest BCUT2D eigenvalue weighted by Crippen LogP contribution is 2.25. The van der Waals surface area contributed by atoms with Crippen molar-refractivity contribution in [1.29, 1.82) is 0 Å². The number of para-hydroxylation sites is 1. The summed E-state index contributed by atoms with van der Waals surface area (Å²) in [6, 6.07) is 23.3. The van der Waals surface area contributed by atoms with Crippen molar-refractivity contribution in [1.82, 2.24) is 9.66 Å². The molecule has 0 aliphatic rings. The van der Waals surface area contributed by atoms with Crippen LogP contribution in [0.3, 0.4) is 0 Å². The Hall–Kier alpha value is -3.09. The molecule has 4 rings (SSSR count). The summed E-state index contributed by atoms with van der Waals surface area (Å²) in [6.07, 6.45) is 0. The molecule has 0 saturated carbocycles. The number of carbonyl (C=O) groups excluding carboxylic acids is 1. The van der Waals surface area contributed by atoms with Gasteiger partial charge in [-0.25, -0.2) is 4.98 Å². The number of fused-ring (bicyclic) bond motifs is 1. The largest absolute Gasteiger partial charge is 0.281 e. The Kier molecular flexibility index (Phi) is 5.64. The molecule has 0 atom stereocenters. The second kappa shape index (κ2) is 8.51. The zero-order chi connectivity index (χ0) is 20.2. The summed E-state index contributed by atoms with van der Waals surface area (Å²) in [7, 11) is 0. The second-order valence-electron chi connectivity index (χ2n) is 6.24. The van der Waals surface area contributed by atoms with E-state index >= 15 is 0 Å². The average Bonchev–Trinajstić information content (AvgIpc) is 2.76. The fourth-order valence-corrected chi connectivity index (χ4v) is 4.06. The van der Waals surface area contributed by atoms with E-state index in [9.17, 15) is 9.59 Å². The normalized spacial score (nSPS) is 10.8. The molecule has 0 aliphatic carbocycles. The molecule has 7 heteroatoms. The molecule has 5 nitrogen and oxygen atoms in total. The van der Waals surface area contributed by atoms with Crippen LogP contribution in [-0.2, 0) is 5.75 Å². The van der Waals surface area contributed by atoms with Gasteiger partial charge in [0, 0.05) is 16.3 Å². The van der Waals surface area contributed by atoms with E-state index in [2.05, 4.69) is 10.4 Å². The summed E-state index contributed by atoms with van der Waals surface area (Å²) in [5, 5.41) is 1.46. The fourth-order valence-electron chi connectivity index (χ4n) is 2.82. The van der Waals surface area contributed by atoms with Crippen molar-refractivity contribution >= 4 is 40.2 Å². The number of nitrogens with one attached hydrogen (secondary N) is 1. The van der Waals surface area contributed by atoms with Gasteiger partial charge in [0.15, 0.2) is 5.16 Å². The Morgan fingerprint density at radius 2 is 1.66 bits per heavy atom. The number of hydrogen-bond donors (Lipinski definition) is 1. The first kappa shape index (κ1) is 19.2. The second-order valence-corrected chi connectivity index (χ2v) is 7.59. The van der Waals surface area contributed by atoms with Crippen LogP contribution in [0.15, 0.2) is 88.8 Å². The Balaban J connectivity index is 1.73. The summed E-state index contributed by atoms with van der Waals surface area (Å²) < 4.78 is 1.21. The molecule has 0 aliphatic heterocycles. The van der Waals surface area contributed by atoms with Gasteiger partial charge in [-0.05, 0) is 35.9 Å². The third-order valence-corrected chi connectivity index (χ3v) is 5.66. The van der Waals surface area contributed by atoms with Crippen LogP contribution in [0.2, 0.25) is 5.02 Å². The lowest BCUT2D eigenvalue weighted by molar-refractivity contribution is 0.100. The fraction of sp³-hybridized carbons (Fsp3) is 0.0455. The lowest BCUT2D eigenvalue weighted by Crippen LogP contribution is -2.35. The molecule has 3 aromatic carbocycles. The third-order valence-electron chi connectivity index (χ3n) is 4.31. The minimum absolute atomic E-state index is 0.332. The predicted octanol–water partition coefficient (Wildman–Crippen LogP) is 4.73. The van der Waals surface area contributed by atoms with Gasteiger partial charge in [0.1, 0.15) is 0 Å². The number of amides is 1. The Morgan fingerprint density at radius 1 is 0.966 bits per heavy atom. The average molecular weight is 422 g/mol. The van der Waals surface area contributed by atoms with Gasteiger partial charge in [-0.15, -0.1) is 0 Å². The van der Waals surface area contributed by atoms with Crippen molar-refractivity contribution < 1.29 is 4.79 Å². The number of hydrogen-bond acceptors (Lipinski definition) is 4. The first-order valence-corrected chi connectivity index (χ1v) is 10.2. The minimum atomic E-state index is -0.385. The predicted molar refractivity (Wildman–Crippen MR) is 117 cm³/mol. The molecule has 0 saturated heterocycles. The zero-order valence-electron chi connectivity index (χ0n) is 15.2. The molecule has 0 radical (unpaired) electrons. The molecule has 0 bridgehead atoms. The van der Waals surface area contributed by atoms with Crippen molar-refractivity contribution in [2.45, 2.75) is 10.9 Å². The van der Waals surface area contributed by atoms with Crippen molar-refractivity contribution in [3.8, 4) is 0 Å². The van der Waals surface area contributed by atoms with E-state index in [0.717, 1.165) is 5.56 Å². The number of carbonyl (C=O) groups is 1. The summed E-state index contributed by atoms with van der Waals surface area (Å²) in [5.74, 6) is 0.121. The van der Waals surface area contributed by atoms with Gasteiger partial charge in [-0.1, -0.05) is 71.9 Å². The zero-order valence-corrected chi connectivity index (χ0v) is 16.8. The Bertz CT molecular complexity index is 1240. The highest BCUT2D eigenvalue weighted by Gasteiger charge is 2.15. The van der Waals surface area contributed by atoms with Crippen LogP contribution in [-0.4, -0.2) is 15.6 Å². The molecule has 144 valence electrons. The third kappa shape index (κ3) is 4.18. The van der Waals surface area contributed by atoms with E-state index in [-0.39, 0.29) is 11.5 Å². The highest BCUT2D eigenvalue weighted by molar-refractivity contribution is 7.98. The van der Waals surface area contributed by atoms with Crippen LogP contribution < -0.4 is 11.0 Å². The van der Waals surface area contributed by atoms with Gasteiger partial charge in [0.2, 0.25) is 0 Å². The first-order valence-electron chi connectivity index (χ1n) is 8.88. The molecule has 0 unspecified atom stereocenters. The number of nitrogens with zero attached hydrogens (tertiary/aromatic N) is 2. The van der Waals surface area contributed by atoms with E-state index in [1.807, 2.05) is 36.4 Å². The molecule has 29 heavy (non-hydrogen) atoms. The summed E-state index contributed by atoms with van der Waals surface area (Å²) in [6.45, 7) is 0. The number of rotatable bonds is 5. The van der Waals surface area contributed by atoms with Gasteiger partial charge in [-0.3, -0.25) is 15.0 Å². The van der Waals surface area contributed by atoms with Crippen LogP contribution in [0.25, 0.3) is 10.9 Å². The van der Waals surface area contributed by atoms with E-state index in [0.29, 0.717) is 32.4 Å². The van der Waals surface area contributed by atoms with Crippen LogP contribution in [0, 0.1) is 0 Å². The standard InChI is InChI=1S/C22H16ClN3O2S/c23-18-12-6-4-10-16(18)14-29-22-24-19-13-7-5-11-17(19)21(28)26(22)25-20(27)15-8-2-1-3-9-15/h1-13H,14H2,(H,25,27). The van der Waals surface area contributed by atoms with E-state index in [4.69, 9.17) is 11.6 Å². The quantitative estimate of drug-likeness (QED) is 0.374. The van der Waals surface area contributed by atoms with E-state index in [1.54, 1.807) is 42.5 Å². The Labute approximate surface area is 176 Å². The number of aromatic nitrogens is 2. The summed E-state index contributed by atoms with van der Waals surface area (Å²) in [4.78, 5) is 30.3. The van der Waals surface area contributed by atoms with Gasteiger partial charge in [-0.2, -0.15) is 4.68 Å². The molecular formula is C22H16ClN3O2S. The topological polar surface area (TPSA) is 64.0 Å². The SMILES string of the molecule is O=C(Nn1c(SCc2ccccc2Cl)nc2ccccc2c1=O)c1ccccc1. The summed E-state index contributed by atoms with van der Waals surface area (Å²) >= 11 is 7.58. The highest BCUT2D eigenvalue weighted by atomic mass is 35.5. The van der Waals surface area contributed by atoms with Gasteiger partial charge >= 0.3 is 0 Å². The lowest BCUT2D eigenvalue weighted by atomic mass is 10.2. The van der Waals surface area contributed by atoms with Gasteiger partial charge in [0.25, 0.3) is 11.5 Å². The lowest BCUT2D eigenvalue weighted by Gasteiger charge is -2.14. The maximum atomic E-state index is 13.1. The number of benzene rings is 3. The van der Waals surface area contributed by atoms with Crippen LogP contribution in [0.5, 0.6) is 0 Å². The number of thioether (sulfide) groups is 1. The van der Waals surface area contributed by atoms with E-state index in [1.165, 1.54) is 16.4 Å². The van der Waals surface area contributed by atoms with Crippen molar-refractivity contribution in [2.24, 2.45) is 0 Å². The molecule has 0 spiro atoms. The molecular weight excluding hydrogens is 406 g/mol. The minimum Gasteiger partial charge on any atom is -0.267 e. The molecule has 4 aromatic rings. The molecule has 1 N–H and O–H groups in total. The molecule has 1 heterocycles. The van der Waals surface area contributed by atoms with Gasteiger partial charge in [0.05, 0.1) is 10.9 Å². The van der Waals surface area contributed by atoms with Crippen LogP contribution in [0.4, 0.5) is 0 Å². The van der Waals surface area contributed by atoms with E-state index < -0.39 is 0 Å². The molecule has 1 amide bonds. The monoisotopic (exact) mass is 421 g/mol. The smallest absolute Gasteiger partial charge is 0.267 e. The van der Waals surface area contributed by atoms with Crippen molar-refractivity contribution in [3.63, 3.8) is 0 Å². The maximum Gasteiger partial charge on any atom is 0.281 e. The van der Waals surface area contributed by atoms with Crippen LogP contribution in [0.1, 0.15) is 15.9 Å². The molecule has 1 aromatic heterocycles.